The van der Waals surface area contributed by atoms with Crippen LogP contribution in [0.25, 0.3) is 0 Å². The SMILES string of the molecule is O=C(O)CC(=O)O.[CH2-]c1ccccc1.[CH2-]c1ccccc1.[Mg+2].[Mg+2]. The molecule has 0 aliphatic rings. The molecule has 0 aromatic heterocycles. The van der Waals surface area contributed by atoms with Gasteiger partial charge in [0.2, 0.25) is 0 Å². The molecule has 0 fully saturated rings. The van der Waals surface area contributed by atoms with Crippen LogP contribution in [0, 0.1) is 13.8 Å². The number of benzene rings is 2. The summed E-state index contributed by atoms with van der Waals surface area (Å²) < 4.78 is 0. The predicted octanol–water partition coefficient (Wildman–Crippen LogP) is 2.52. The number of carboxylic acids is 2. The van der Waals surface area contributed by atoms with Crippen molar-refractivity contribution in [3.05, 3.63) is 85.6 Å². The molecule has 0 saturated carbocycles. The number of hydrogen-bond acceptors (Lipinski definition) is 2. The third kappa shape index (κ3) is 20.7. The molecule has 112 valence electrons. The maximum absolute atomic E-state index is 9.43. The zero-order chi connectivity index (χ0) is 16.1. The minimum absolute atomic E-state index is 0. The Labute approximate surface area is 169 Å². The molecular weight excluding hydrogens is 317 g/mol. The van der Waals surface area contributed by atoms with E-state index in [2.05, 4.69) is 13.8 Å². The predicted molar refractivity (Wildman–Crippen MR) is 93.2 cm³/mol. The van der Waals surface area contributed by atoms with E-state index >= 15 is 0 Å². The van der Waals surface area contributed by atoms with Gasteiger partial charge in [0.05, 0.1) is 0 Å². The first-order chi connectivity index (χ1) is 9.91. The molecule has 0 bridgehead atoms. The molecule has 2 N–H and O–H groups in total. The van der Waals surface area contributed by atoms with Crippen molar-refractivity contribution >= 4 is 58.0 Å². The van der Waals surface area contributed by atoms with Gasteiger partial charge in [0.25, 0.3) is 0 Å². The molecule has 0 spiro atoms. The zero-order valence-electron chi connectivity index (χ0n) is 13.0. The molecule has 0 aliphatic heterocycles. The number of aliphatic carboxylic acids is 2. The normalized spacial score (nSPS) is 7.65. The summed E-state index contributed by atoms with van der Waals surface area (Å²) in [5.74, 6) is -2.62. The Bertz CT molecular complexity index is 481. The van der Waals surface area contributed by atoms with E-state index in [4.69, 9.17) is 10.2 Å². The zero-order valence-corrected chi connectivity index (χ0v) is 15.8. The quantitative estimate of drug-likeness (QED) is 0.503. The molecule has 0 saturated heterocycles. The van der Waals surface area contributed by atoms with Crippen LogP contribution < -0.4 is 0 Å². The van der Waals surface area contributed by atoms with Crippen LogP contribution in [0.4, 0.5) is 0 Å². The topological polar surface area (TPSA) is 74.6 Å². The molecule has 0 heterocycles. The Morgan fingerprint density at radius 3 is 1.04 bits per heavy atom. The van der Waals surface area contributed by atoms with Crippen molar-refractivity contribution in [2.24, 2.45) is 0 Å². The summed E-state index contributed by atoms with van der Waals surface area (Å²) in [6, 6.07) is 19.7. The van der Waals surface area contributed by atoms with Gasteiger partial charge in [-0.05, 0) is 0 Å². The van der Waals surface area contributed by atoms with E-state index in [1.54, 1.807) is 0 Å². The van der Waals surface area contributed by atoms with Crippen molar-refractivity contribution in [2.75, 3.05) is 0 Å². The van der Waals surface area contributed by atoms with Crippen molar-refractivity contribution < 1.29 is 19.8 Å². The largest absolute Gasteiger partial charge is 2.00 e. The molecule has 0 atom stereocenters. The van der Waals surface area contributed by atoms with Gasteiger partial charge in [-0.3, -0.25) is 9.59 Å². The van der Waals surface area contributed by atoms with Crippen molar-refractivity contribution in [2.45, 2.75) is 6.42 Å². The van der Waals surface area contributed by atoms with Gasteiger partial charge in [-0.1, -0.05) is 12.1 Å². The van der Waals surface area contributed by atoms with Crippen LogP contribution in [-0.4, -0.2) is 68.3 Å². The maximum atomic E-state index is 9.43. The molecule has 0 radical (unpaired) electrons. The second kappa shape index (κ2) is 17.0. The van der Waals surface area contributed by atoms with Crippen LogP contribution >= 0.6 is 0 Å². The first kappa shape index (κ1) is 26.5. The second-order valence-corrected chi connectivity index (χ2v) is 3.94. The maximum Gasteiger partial charge on any atom is 2.00 e. The summed E-state index contributed by atoms with van der Waals surface area (Å²) in [6.07, 6.45) is -0.806. The molecule has 0 aliphatic carbocycles. The molecule has 0 unspecified atom stereocenters. The number of rotatable bonds is 2. The minimum Gasteiger partial charge on any atom is -0.481 e. The van der Waals surface area contributed by atoms with Crippen molar-refractivity contribution in [3.63, 3.8) is 0 Å². The Kier molecular flexibility index (Phi) is 19.6. The van der Waals surface area contributed by atoms with Crippen LogP contribution in [0.1, 0.15) is 17.5 Å². The summed E-state index contributed by atoms with van der Waals surface area (Å²) >= 11 is 0. The Morgan fingerprint density at radius 2 is 0.957 bits per heavy atom. The molecule has 4 nitrogen and oxygen atoms in total. The van der Waals surface area contributed by atoms with Gasteiger partial charge in [0.1, 0.15) is 6.42 Å². The van der Waals surface area contributed by atoms with E-state index in [1.165, 1.54) is 0 Å². The number of carbonyl (C=O) groups is 2. The van der Waals surface area contributed by atoms with E-state index in [9.17, 15) is 9.59 Å². The third-order valence-corrected chi connectivity index (χ3v) is 1.99. The average molecular weight is 335 g/mol. The molecule has 6 heteroatoms. The van der Waals surface area contributed by atoms with E-state index in [0.29, 0.717) is 0 Å². The van der Waals surface area contributed by atoms with Crippen LogP contribution in [0.2, 0.25) is 0 Å². The fourth-order valence-corrected chi connectivity index (χ4v) is 1.09. The van der Waals surface area contributed by atoms with Crippen LogP contribution in [-0.2, 0) is 9.59 Å². The van der Waals surface area contributed by atoms with Gasteiger partial charge < -0.3 is 10.2 Å². The molecule has 23 heavy (non-hydrogen) atoms. The van der Waals surface area contributed by atoms with E-state index in [0.717, 1.165) is 11.1 Å². The summed E-state index contributed by atoms with van der Waals surface area (Å²) in [7, 11) is 0. The number of carboxylic acid groups (broad SMARTS) is 2. The van der Waals surface area contributed by atoms with Gasteiger partial charge in [-0.25, -0.2) is 0 Å². The van der Waals surface area contributed by atoms with E-state index in [1.807, 2.05) is 60.7 Å². The number of hydrogen-bond donors (Lipinski definition) is 2. The fraction of sp³-hybridized carbons (Fsp3) is 0.0588. The van der Waals surface area contributed by atoms with Gasteiger partial charge in [0, 0.05) is 0 Å². The van der Waals surface area contributed by atoms with Crippen LogP contribution in [0.15, 0.2) is 60.7 Å². The molecule has 0 amide bonds. The van der Waals surface area contributed by atoms with Crippen LogP contribution in [0.3, 0.4) is 0 Å². The summed E-state index contributed by atoms with van der Waals surface area (Å²) in [4.78, 5) is 18.9. The first-order valence-corrected chi connectivity index (χ1v) is 6.09. The van der Waals surface area contributed by atoms with Crippen molar-refractivity contribution in [1.29, 1.82) is 0 Å². The third-order valence-electron chi connectivity index (χ3n) is 1.99. The molecule has 2 aromatic carbocycles. The van der Waals surface area contributed by atoms with Gasteiger partial charge in [-0.15, -0.1) is 24.3 Å². The Hall–Kier alpha value is -1.35. The monoisotopic (exact) mass is 334 g/mol. The fourth-order valence-electron chi connectivity index (χ4n) is 1.09. The minimum atomic E-state index is -1.31. The summed E-state index contributed by atoms with van der Waals surface area (Å²) in [5, 5.41) is 15.4. The van der Waals surface area contributed by atoms with E-state index in [-0.39, 0.29) is 46.1 Å². The summed E-state index contributed by atoms with van der Waals surface area (Å²) in [5.41, 5.74) is 2.14. The average Bonchev–Trinajstić information content (AvgIpc) is 2.40. The Morgan fingerprint density at radius 1 is 0.696 bits per heavy atom. The summed E-state index contributed by atoms with van der Waals surface area (Å²) in [6.45, 7) is 7.44. The second-order valence-electron chi connectivity index (χ2n) is 3.94. The molecule has 2 rings (SSSR count). The van der Waals surface area contributed by atoms with Crippen molar-refractivity contribution in [3.8, 4) is 0 Å². The van der Waals surface area contributed by atoms with Gasteiger partial charge >= 0.3 is 58.0 Å². The smallest absolute Gasteiger partial charge is 0.481 e. The van der Waals surface area contributed by atoms with Crippen LogP contribution in [0.5, 0.6) is 0 Å². The first-order valence-electron chi connectivity index (χ1n) is 6.09. The van der Waals surface area contributed by atoms with Gasteiger partial charge in [-0.2, -0.15) is 49.2 Å². The standard InChI is InChI=1S/2C7H7.C3H4O4.2Mg/c2*1-7-5-3-2-4-6-7;4-2(5)1-3(6)7;;/h2*2-6H,1H2;1H2,(H,4,5)(H,6,7);;/q2*-1;;2*+2. The molecular formula is C17H18Mg2O4+2. The Balaban J connectivity index is -0.000000250. The molecule has 2 aromatic rings. The van der Waals surface area contributed by atoms with E-state index < -0.39 is 18.4 Å². The van der Waals surface area contributed by atoms with Gasteiger partial charge in [0.15, 0.2) is 0 Å². The van der Waals surface area contributed by atoms with Crippen molar-refractivity contribution in [1.82, 2.24) is 0 Å².